The molecule has 1 heterocycles. The zero-order valence-corrected chi connectivity index (χ0v) is 5.60. The Hall–Kier alpha value is -1.43. The first-order valence-electron chi connectivity index (χ1n) is 2.94. The van der Waals surface area contributed by atoms with E-state index in [1.807, 2.05) is 0 Å². The molecular formula is C5H6N3O3. The number of imidazole rings is 1. The number of hydrogen-bond donors (Lipinski definition) is 1. The molecule has 6 nitrogen and oxygen atoms in total. The lowest BCUT2D eigenvalue weighted by molar-refractivity contribution is -0.392. The van der Waals surface area contributed by atoms with E-state index in [0.29, 0.717) is 0 Å². The standard InChI is InChI=1S/C5H6N3O3/c9-2-1-7-4-6-3-5(7)8(10)11/h3,9H,1-2H2. The summed E-state index contributed by atoms with van der Waals surface area (Å²) < 4.78 is 1.15. The molecule has 1 aromatic rings. The summed E-state index contributed by atoms with van der Waals surface area (Å²) in [5.41, 5.74) is 0. The van der Waals surface area contributed by atoms with E-state index in [0.717, 1.165) is 10.8 Å². The van der Waals surface area contributed by atoms with Gasteiger partial charge in [-0.1, -0.05) is 0 Å². The average Bonchev–Trinajstić information content (AvgIpc) is 2.36. The lowest BCUT2D eigenvalue weighted by atomic mass is 10.6. The molecule has 0 saturated carbocycles. The molecular weight excluding hydrogens is 150 g/mol. The smallest absolute Gasteiger partial charge is 0.343 e. The van der Waals surface area contributed by atoms with Gasteiger partial charge >= 0.3 is 5.82 Å². The van der Waals surface area contributed by atoms with E-state index in [1.165, 1.54) is 0 Å². The predicted octanol–water partition coefficient (Wildman–Crippen LogP) is -0.416. The molecule has 0 unspecified atom stereocenters. The molecule has 1 radical (unpaired) electrons. The molecule has 0 aromatic carbocycles. The van der Waals surface area contributed by atoms with Crippen molar-refractivity contribution in [3.05, 3.63) is 22.6 Å². The van der Waals surface area contributed by atoms with E-state index in [9.17, 15) is 10.1 Å². The van der Waals surface area contributed by atoms with Crippen molar-refractivity contribution in [3.63, 3.8) is 0 Å². The van der Waals surface area contributed by atoms with Crippen LogP contribution in [0.5, 0.6) is 0 Å². The summed E-state index contributed by atoms with van der Waals surface area (Å²) in [5.74, 6) is -0.154. The molecule has 6 heteroatoms. The number of hydrogen-bond acceptors (Lipinski definition) is 4. The molecule has 1 rings (SSSR count). The lowest BCUT2D eigenvalue weighted by Gasteiger charge is -1.95. The molecule has 0 bridgehead atoms. The average molecular weight is 156 g/mol. The molecule has 0 fully saturated rings. The van der Waals surface area contributed by atoms with Gasteiger partial charge in [-0.2, -0.15) is 4.57 Å². The SMILES string of the molecule is O=[N+]([O-])c1cn[c]n1CCO. The highest BCUT2D eigenvalue weighted by molar-refractivity contribution is 5.13. The third-order valence-corrected chi connectivity index (χ3v) is 1.15. The van der Waals surface area contributed by atoms with Crippen LogP contribution in [0.15, 0.2) is 6.20 Å². The van der Waals surface area contributed by atoms with Gasteiger partial charge in [0.15, 0.2) is 0 Å². The second kappa shape index (κ2) is 3.11. The molecule has 0 aliphatic heterocycles. The van der Waals surface area contributed by atoms with Crippen molar-refractivity contribution in [2.24, 2.45) is 0 Å². The quantitative estimate of drug-likeness (QED) is 0.476. The summed E-state index contributed by atoms with van der Waals surface area (Å²) in [5, 5.41) is 18.7. The van der Waals surface area contributed by atoms with Crippen LogP contribution in [0.2, 0.25) is 0 Å². The highest BCUT2D eigenvalue weighted by Gasteiger charge is 2.11. The Morgan fingerprint density at radius 3 is 3.18 bits per heavy atom. The highest BCUT2D eigenvalue weighted by atomic mass is 16.6. The molecule has 11 heavy (non-hydrogen) atoms. The minimum absolute atomic E-state index is 0.149. The Labute approximate surface area is 62.2 Å². The fourth-order valence-electron chi connectivity index (χ4n) is 0.687. The molecule has 0 spiro atoms. The second-order valence-electron chi connectivity index (χ2n) is 1.85. The fourth-order valence-corrected chi connectivity index (χ4v) is 0.687. The Balaban J connectivity index is 2.87. The number of aliphatic hydroxyl groups excluding tert-OH is 1. The van der Waals surface area contributed by atoms with Crippen molar-refractivity contribution in [3.8, 4) is 0 Å². The first kappa shape index (κ1) is 7.67. The van der Waals surface area contributed by atoms with E-state index in [-0.39, 0.29) is 19.0 Å². The van der Waals surface area contributed by atoms with Gasteiger partial charge in [-0.3, -0.25) is 0 Å². The van der Waals surface area contributed by atoms with Gasteiger partial charge in [-0.25, -0.2) is 4.98 Å². The van der Waals surface area contributed by atoms with Crippen LogP contribution >= 0.6 is 0 Å². The zero-order chi connectivity index (χ0) is 8.27. The van der Waals surface area contributed by atoms with Gasteiger partial charge in [-0.05, 0) is 4.92 Å². The normalized spacial score (nSPS) is 9.91. The fraction of sp³-hybridized carbons (Fsp3) is 0.400. The van der Waals surface area contributed by atoms with Gasteiger partial charge in [0.1, 0.15) is 12.7 Å². The third-order valence-electron chi connectivity index (χ3n) is 1.15. The van der Waals surface area contributed by atoms with Gasteiger partial charge in [0.25, 0.3) is 6.33 Å². The van der Waals surface area contributed by atoms with Crippen molar-refractivity contribution in [1.29, 1.82) is 0 Å². The van der Waals surface area contributed by atoms with Crippen molar-refractivity contribution >= 4 is 5.82 Å². The van der Waals surface area contributed by atoms with Crippen LogP contribution in [-0.2, 0) is 6.54 Å². The maximum atomic E-state index is 10.2. The molecule has 0 amide bonds. The van der Waals surface area contributed by atoms with Crippen molar-refractivity contribution in [2.45, 2.75) is 6.54 Å². The van der Waals surface area contributed by atoms with Crippen molar-refractivity contribution in [2.75, 3.05) is 6.61 Å². The van der Waals surface area contributed by atoms with Crippen molar-refractivity contribution < 1.29 is 10.0 Å². The van der Waals surface area contributed by atoms with Gasteiger partial charge in [0.2, 0.25) is 0 Å². The van der Waals surface area contributed by atoms with E-state index in [1.54, 1.807) is 0 Å². The van der Waals surface area contributed by atoms with Crippen LogP contribution < -0.4 is 0 Å². The maximum Gasteiger partial charge on any atom is 0.343 e. The summed E-state index contributed by atoms with van der Waals surface area (Å²) in [4.78, 5) is 13.1. The van der Waals surface area contributed by atoms with Gasteiger partial charge in [0.05, 0.1) is 6.61 Å². The number of aliphatic hydroxyl groups is 1. The summed E-state index contributed by atoms with van der Waals surface area (Å²) in [6.45, 7) is -0.00991. The number of rotatable bonds is 3. The van der Waals surface area contributed by atoms with Gasteiger partial charge in [-0.15, -0.1) is 0 Å². The summed E-state index contributed by atoms with van der Waals surface area (Å²) >= 11 is 0. The van der Waals surface area contributed by atoms with E-state index < -0.39 is 4.92 Å². The second-order valence-corrected chi connectivity index (χ2v) is 1.85. The van der Waals surface area contributed by atoms with Crippen molar-refractivity contribution in [1.82, 2.24) is 9.55 Å². The molecule has 0 aliphatic carbocycles. The molecule has 0 aliphatic rings. The summed E-state index contributed by atoms with van der Waals surface area (Å²) in [6.07, 6.45) is 3.45. The first-order valence-corrected chi connectivity index (χ1v) is 2.94. The summed E-state index contributed by atoms with van der Waals surface area (Å²) in [6, 6.07) is 0. The Morgan fingerprint density at radius 2 is 2.64 bits per heavy atom. The molecule has 0 atom stereocenters. The molecule has 0 saturated heterocycles. The Morgan fingerprint density at radius 1 is 1.91 bits per heavy atom. The number of aromatic nitrogens is 2. The highest BCUT2D eigenvalue weighted by Crippen LogP contribution is 2.07. The van der Waals surface area contributed by atoms with Crippen LogP contribution in [0, 0.1) is 16.4 Å². The Kier molecular flexibility index (Phi) is 2.17. The maximum absolute atomic E-state index is 10.2. The van der Waals surface area contributed by atoms with E-state index in [4.69, 9.17) is 5.11 Å². The van der Waals surface area contributed by atoms with Crippen LogP contribution in [0.25, 0.3) is 0 Å². The largest absolute Gasteiger partial charge is 0.392 e. The number of nitrogens with zero attached hydrogens (tertiary/aromatic N) is 3. The number of nitro groups is 1. The lowest BCUT2D eigenvalue weighted by Crippen LogP contribution is -2.04. The topological polar surface area (TPSA) is 81.2 Å². The third kappa shape index (κ3) is 1.53. The Bertz CT molecular complexity index is 257. The van der Waals surface area contributed by atoms with Crippen LogP contribution in [0.4, 0.5) is 5.82 Å². The minimum Gasteiger partial charge on any atom is -0.392 e. The summed E-state index contributed by atoms with van der Waals surface area (Å²) in [7, 11) is 0. The van der Waals surface area contributed by atoms with E-state index >= 15 is 0 Å². The van der Waals surface area contributed by atoms with Crippen LogP contribution in [0.3, 0.4) is 0 Å². The van der Waals surface area contributed by atoms with Crippen LogP contribution in [0.1, 0.15) is 0 Å². The van der Waals surface area contributed by atoms with Crippen LogP contribution in [-0.4, -0.2) is 26.2 Å². The molecule has 1 N–H and O–H groups in total. The van der Waals surface area contributed by atoms with E-state index in [2.05, 4.69) is 11.3 Å². The minimum atomic E-state index is -0.570. The van der Waals surface area contributed by atoms with Gasteiger partial charge < -0.3 is 15.2 Å². The zero-order valence-electron chi connectivity index (χ0n) is 5.60. The first-order chi connectivity index (χ1) is 5.25. The molecule has 59 valence electrons. The molecule has 1 aromatic heterocycles. The van der Waals surface area contributed by atoms with Gasteiger partial charge in [0, 0.05) is 0 Å². The predicted molar refractivity (Wildman–Crippen MR) is 34.8 cm³/mol. The monoisotopic (exact) mass is 156 g/mol.